The predicted octanol–water partition coefficient (Wildman–Crippen LogP) is 2.30. The summed E-state index contributed by atoms with van der Waals surface area (Å²) in [6.45, 7) is 3.78. The molecule has 1 saturated heterocycles. The van der Waals surface area contributed by atoms with Gasteiger partial charge in [-0.25, -0.2) is 0 Å². The molecule has 4 heteroatoms. The summed E-state index contributed by atoms with van der Waals surface area (Å²) in [5.74, 6) is -1.08. The van der Waals surface area contributed by atoms with Crippen LogP contribution in [0.25, 0.3) is 0 Å². The maximum Gasteiger partial charge on any atom is 0.307 e. The van der Waals surface area contributed by atoms with Crippen molar-refractivity contribution in [3.05, 3.63) is 12.2 Å². The van der Waals surface area contributed by atoms with Gasteiger partial charge in [-0.1, -0.05) is 25.5 Å². The van der Waals surface area contributed by atoms with E-state index in [1.165, 1.54) is 0 Å². The highest BCUT2D eigenvalue weighted by molar-refractivity contribution is 5.85. The Morgan fingerprint density at radius 2 is 1.95 bits per heavy atom. The minimum absolute atomic E-state index is 0.0513. The normalized spacial score (nSPS) is 30.6. The number of carboxylic acid groups (broad SMARTS) is 1. The smallest absolute Gasteiger partial charge is 0.307 e. The summed E-state index contributed by atoms with van der Waals surface area (Å²) in [6.07, 6.45) is 8.27. The molecular weight excluding hydrogens is 242 g/mol. The molecule has 1 fully saturated rings. The van der Waals surface area contributed by atoms with Gasteiger partial charge in [0.15, 0.2) is 0 Å². The lowest BCUT2D eigenvalue weighted by Gasteiger charge is -2.28. The number of amides is 1. The van der Waals surface area contributed by atoms with Crippen LogP contribution in [0.3, 0.4) is 0 Å². The molecule has 1 amide bonds. The van der Waals surface area contributed by atoms with Gasteiger partial charge in [-0.3, -0.25) is 9.59 Å². The largest absolute Gasteiger partial charge is 0.481 e. The third kappa shape index (κ3) is 3.17. The molecule has 19 heavy (non-hydrogen) atoms. The Bertz CT molecular complexity index is 378. The van der Waals surface area contributed by atoms with Crippen LogP contribution in [-0.4, -0.2) is 35.0 Å². The Kier molecular flexibility index (Phi) is 4.61. The van der Waals surface area contributed by atoms with Crippen LogP contribution in [0.4, 0.5) is 0 Å². The quantitative estimate of drug-likeness (QED) is 0.793. The number of likely N-dealkylation sites (tertiary alicyclic amines) is 1. The average molecular weight is 265 g/mol. The summed E-state index contributed by atoms with van der Waals surface area (Å²) >= 11 is 0. The van der Waals surface area contributed by atoms with Gasteiger partial charge in [0.2, 0.25) is 5.91 Å². The van der Waals surface area contributed by atoms with Gasteiger partial charge in [-0.05, 0) is 31.6 Å². The van der Waals surface area contributed by atoms with Crippen LogP contribution in [0.15, 0.2) is 12.2 Å². The van der Waals surface area contributed by atoms with Crippen LogP contribution in [0, 0.1) is 17.8 Å². The molecule has 2 aliphatic rings. The first-order chi connectivity index (χ1) is 9.13. The second-order valence-corrected chi connectivity index (χ2v) is 5.72. The molecule has 1 N–H and O–H groups in total. The summed E-state index contributed by atoms with van der Waals surface area (Å²) < 4.78 is 0. The van der Waals surface area contributed by atoms with Gasteiger partial charge in [0.1, 0.15) is 0 Å². The van der Waals surface area contributed by atoms with Gasteiger partial charge >= 0.3 is 5.97 Å². The molecule has 1 aliphatic heterocycles. The zero-order valence-corrected chi connectivity index (χ0v) is 11.5. The molecular formula is C15H23NO3. The molecule has 0 aromatic heterocycles. The van der Waals surface area contributed by atoms with Gasteiger partial charge in [0, 0.05) is 13.1 Å². The highest BCUT2D eigenvalue weighted by atomic mass is 16.4. The Balaban J connectivity index is 1.99. The summed E-state index contributed by atoms with van der Waals surface area (Å²) in [5.41, 5.74) is 0. The van der Waals surface area contributed by atoms with E-state index in [1.807, 2.05) is 17.1 Å². The van der Waals surface area contributed by atoms with E-state index in [0.29, 0.717) is 18.8 Å². The minimum atomic E-state index is -0.841. The minimum Gasteiger partial charge on any atom is -0.481 e. The number of hydrogen-bond donors (Lipinski definition) is 1. The number of hydrogen-bond acceptors (Lipinski definition) is 2. The summed E-state index contributed by atoms with van der Waals surface area (Å²) in [5, 5.41) is 9.23. The van der Waals surface area contributed by atoms with E-state index in [1.54, 1.807) is 0 Å². The standard InChI is InChI=1S/C15H23NO3/c1-2-5-11-8-9-16(10-11)14(17)12-6-3-4-7-13(12)15(18)19/h3-4,11-13H,2,5-10H2,1H3,(H,18,19)/t11?,12-,13+/m1/s1. The fraction of sp³-hybridized carbons (Fsp3) is 0.733. The molecule has 0 aromatic carbocycles. The second-order valence-electron chi connectivity index (χ2n) is 5.72. The van der Waals surface area contributed by atoms with Gasteiger partial charge in [-0.15, -0.1) is 0 Å². The summed E-state index contributed by atoms with van der Waals surface area (Å²) in [7, 11) is 0. The predicted molar refractivity (Wildman–Crippen MR) is 72.6 cm³/mol. The van der Waals surface area contributed by atoms with Crippen LogP contribution < -0.4 is 0 Å². The van der Waals surface area contributed by atoms with Gasteiger partial charge < -0.3 is 10.0 Å². The molecule has 0 spiro atoms. The SMILES string of the molecule is CCCC1CCN(C(=O)[C@@H]2CC=CC[C@@H]2C(=O)O)C1. The fourth-order valence-electron chi connectivity index (χ4n) is 3.27. The van der Waals surface area contributed by atoms with Crippen LogP contribution in [-0.2, 0) is 9.59 Å². The van der Waals surface area contributed by atoms with Gasteiger partial charge in [-0.2, -0.15) is 0 Å². The van der Waals surface area contributed by atoms with Crippen molar-refractivity contribution in [2.75, 3.05) is 13.1 Å². The first-order valence-corrected chi connectivity index (χ1v) is 7.30. The van der Waals surface area contributed by atoms with E-state index in [4.69, 9.17) is 0 Å². The van der Waals surface area contributed by atoms with E-state index in [-0.39, 0.29) is 11.8 Å². The molecule has 0 saturated carbocycles. The fourth-order valence-corrected chi connectivity index (χ4v) is 3.27. The lowest BCUT2D eigenvalue weighted by atomic mass is 9.82. The molecule has 1 heterocycles. The Labute approximate surface area is 114 Å². The zero-order chi connectivity index (χ0) is 13.8. The molecule has 1 aliphatic carbocycles. The van der Waals surface area contributed by atoms with Crippen molar-refractivity contribution >= 4 is 11.9 Å². The Morgan fingerprint density at radius 1 is 1.26 bits per heavy atom. The summed E-state index contributed by atoms with van der Waals surface area (Å²) in [4.78, 5) is 25.6. The molecule has 4 nitrogen and oxygen atoms in total. The monoisotopic (exact) mass is 265 g/mol. The van der Waals surface area contributed by atoms with E-state index in [0.717, 1.165) is 32.4 Å². The summed E-state index contributed by atoms with van der Waals surface area (Å²) in [6, 6.07) is 0. The van der Waals surface area contributed by atoms with Crippen molar-refractivity contribution in [1.82, 2.24) is 4.90 Å². The molecule has 3 atom stereocenters. The van der Waals surface area contributed by atoms with Crippen molar-refractivity contribution in [2.45, 2.75) is 39.0 Å². The first kappa shape index (κ1) is 14.1. The third-order valence-corrected chi connectivity index (χ3v) is 4.36. The van der Waals surface area contributed by atoms with E-state index >= 15 is 0 Å². The number of carbonyl (C=O) groups excluding carboxylic acids is 1. The molecule has 0 bridgehead atoms. The van der Waals surface area contributed by atoms with E-state index in [2.05, 4.69) is 6.92 Å². The number of rotatable bonds is 4. The Hall–Kier alpha value is -1.32. The molecule has 0 radical (unpaired) electrons. The number of allylic oxidation sites excluding steroid dienone is 2. The van der Waals surface area contributed by atoms with Gasteiger partial charge in [0.05, 0.1) is 11.8 Å². The first-order valence-electron chi connectivity index (χ1n) is 7.30. The molecule has 106 valence electrons. The lowest BCUT2D eigenvalue weighted by molar-refractivity contribution is -0.150. The number of nitrogens with zero attached hydrogens (tertiary/aromatic N) is 1. The van der Waals surface area contributed by atoms with Crippen molar-refractivity contribution in [1.29, 1.82) is 0 Å². The number of aliphatic carboxylic acids is 1. The highest BCUT2D eigenvalue weighted by Gasteiger charge is 2.38. The second kappa shape index (κ2) is 6.22. The van der Waals surface area contributed by atoms with E-state index in [9.17, 15) is 14.7 Å². The number of carboxylic acids is 1. The third-order valence-electron chi connectivity index (χ3n) is 4.36. The highest BCUT2D eigenvalue weighted by Crippen LogP contribution is 2.30. The zero-order valence-electron chi connectivity index (χ0n) is 11.5. The van der Waals surface area contributed by atoms with Crippen LogP contribution in [0.5, 0.6) is 0 Å². The van der Waals surface area contributed by atoms with Crippen molar-refractivity contribution in [2.24, 2.45) is 17.8 Å². The van der Waals surface area contributed by atoms with Crippen molar-refractivity contribution < 1.29 is 14.7 Å². The molecule has 2 rings (SSSR count). The van der Waals surface area contributed by atoms with Crippen molar-refractivity contribution in [3.8, 4) is 0 Å². The maximum atomic E-state index is 12.5. The Morgan fingerprint density at radius 3 is 2.58 bits per heavy atom. The van der Waals surface area contributed by atoms with Crippen LogP contribution >= 0.6 is 0 Å². The van der Waals surface area contributed by atoms with Crippen LogP contribution in [0.2, 0.25) is 0 Å². The molecule has 1 unspecified atom stereocenters. The topological polar surface area (TPSA) is 57.6 Å². The lowest BCUT2D eigenvalue weighted by Crippen LogP contribution is -2.40. The number of carbonyl (C=O) groups is 2. The maximum absolute atomic E-state index is 12.5. The van der Waals surface area contributed by atoms with E-state index < -0.39 is 11.9 Å². The van der Waals surface area contributed by atoms with Gasteiger partial charge in [0.25, 0.3) is 0 Å². The van der Waals surface area contributed by atoms with Crippen molar-refractivity contribution in [3.63, 3.8) is 0 Å². The molecule has 0 aromatic rings. The van der Waals surface area contributed by atoms with Crippen LogP contribution in [0.1, 0.15) is 39.0 Å². The average Bonchev–Trinajstić information content (AvgIpc) is 2.87.